The summed E-state index contributed by atoms with van der Waals surface area (Å²) < 4.78 is 5.57. The van der Waals surface area contributed by atoms with Gasteiger partial charge in [0.25, 0.3) is 0 Å². The molecule has 6 nitrogen and oxygen atoms in total. The van der Waals surface area contributed by atoms with Crippen molar-refractivity contribution in [2.75, 3.05) is 6.54 Å². The minimum atomic E-state index is -0.603. The van der Waals surface area contributed by atoms with Gasteiger partial charge in [0.05, 0.1) is 30.3 Å². The first-order valence-corrected chi connectivity index (χ1v) is 8.40. The molecule has 0 aliphatic carbocycles. The summed E-state index contributed by atoms with van der Waals surface area (Å²) in [4.78, 5) is 34.8. The lowest BCUT2D eigenvalue weighted by Crippen LogP contribution is -2.27. The summed E-state index contributed by atoms with van der Waals surface area (Å²) in [5, 5.41) is 0. The van der Waals surface area contributed by atoms with Gasteiger partial charge in [-0.1, -0.05) is 12.1 Å². The zero-order valence-electron chi connectivity index (χ0n) is 14.2. The Morgan fingerprint density at radius 2 is 2.04 bits per heavy atom. The number of terminal acetylenes is 1. The van der Waals surface area contributed by atoms with Crippen LogP contribution in [-0.2, 0) is 20.9 Å². The largest absolute Gasteiger partial charge is 0.455 e. The fraction of sp³-hybridized carbons (Fsp3) is 0.300. The molecule has 1 amide bonds. The van der Waals surface area contributed by atoms with E-state index in [1.165, 1.54) is 0 Å². The maximum Gasteiger partial charge on any atom is 0.311 e. The lowest BCUT2D eigenvalue weighted by Gasteiger charge is -2.18. The first kappa shape index (κ1) is 17.6. The number of aromatic nitrogens is 2. The Hall–Kier alpha value is -3.20. The number of carbonyl (C=O) groups is 2. The van der Waals surface area contributed by atoms with Gasteiger partial charge in [-0.15, -0.1) is 12.3 Å². The van der Waals surface area contributed by atoms with Crippen LogP contribution < -0.4 is 0 Å². The van der Waals surface area contributed by atoms with Crippen molar-refractivity contribution in [3.63, 3.8) is 0 Å². The fourth-order valence-electron chi connectivity index (χ4n) is 2.89. The quantitative estimate of drug-likeness (QED) is 0.590. The third-order valence-electron chi connectivity index (χ3n) is 4.21. The predicted molar refractivity (Wildman–Crippen MR) is 94.3 cm³/mol. The highest BCUT2D eigenvalue weighted by Gasteiger charge is 2.36. The van der Waals surface area contributed by atoms with Crippen LogP contribution in [0.3, 0.4) is 0 Å². The van der Waals surface area contributed by atoms with Crippen LogP contribution >= 0.6 is 0 Å². The van der Waals surface area contributed by atoms with Crippen LogP contribution in [0.25, 0.3) is 0 Å². The van der Waals surface area contributed by atoms with E-state index < -0.39 is 18.0 Å². The third-order valence-corrected chi connectivity index (χ3v) is 4.21. The summed E-state index contributed by atoms with van der Waals surface area (Å²) in [6.07, 6.45) is 8.46. The second-order valence-electron chi connectivity index (χ2n) is 6.08. The maximum absolute atomic E-state index is 12.5. The van der Waals surface area contributed by atoms with Crippen LogP contribution in [0.4, 0.5) is 0 Å². The average Bonchev–Trinajstić information content (AvgIpc) is 3.03. The predicted octanol–water partition coefficient (Wildman–Crippen LogP) is 2.13. The zero-order valence-corrected chi connectivity index (χ0v) is 14.2. The maximum atomic E-state index is 12.5. The van der Waals surface area contributed by atoms with Gasteiger partial charge >= 0.3 is 5.97 Å². The standard InChI is InChI=1S/C20H19N3O3/c1-2-7-18(17-9-4-6-11-22-17)26-20(25)15-12-19(24)23(13-15)14-16-8-3-5-10-21-16/h1,3-6,8-11,15,18H,7,12-14H2. The highest BCUT2D eigenvalue weighted by atomic mass is 16.5. The number of nitrogens with zero attached hydrogens (tertiary/aromatic N) is 3. The first-order chi connectivity index (χ1) is 12.7. The van der Waals surface area contributed by atoms with Gasteiger partial charge < -0.3 is 9.64 Å². The molecule has 1 aliphatic rings. The third kappa shape index (κ3) is 4.25. The molecule has 0 saturated carbocycles. The highest BCUT2D eigenvalue weighted by molar-refractivity contribution is 5.86. The van der Waals surface area contributed by atoms with Crippen LogP contribution in [-0.4, -0.2) is 33.3 Å². The normalized spacial score (nSPS) is 17.6. The Morgan fingerprint density at radius 1 is 1.27 bits per heavy atom. The second-order valence-corrected chi connectivity index (χ2v) is 6.08. The van der Waals surface area contributed by atoms with Crippen LogP contribution in [0.1, 0.15) is 30.3 Å². The molecular formula is C20H19N3O3. The van der Waals surface area contributed by atoms with Crippen molar-refractivity contribution in [1.29, 1.82) is 0 Å². The summed E-state index contributed by atoms with van der Waals surface area (Å²) in [6, 6.07) is 10.9. The van der Waals surface area contributed by atoms with E-state index in [2.05, 4.69) is 15.9 Å². The number of rotatable bonds is 6. The van der Waals surface area contributed by atoms with Crippen molar-refractivity contribution in [3.05, 3.63) is 60.2 Å². The van der Waals surface area contributed by atoms with Crippen molar-refractivity contribution >= 4 is 11.9 Å². The van der Waals surface area contributed by atoms with E-state index in [0.29, 0.717) is 18.8 Å². The van der Waals surface area contributed by atoms with Gasteiger partial charge in [-0.3, -0.25) is 19.6 Å². The molecule has 1 aliphatic heterocycles. The SMILES string of the molecule is C#CCC(OC(=O)C1CC(=O)N(Cc2ccccn2)C1)c1ccccn1. The molecule has 2 unspecified atom stereocenters. The molecule has 2 atom stereocenters. The first-order valence-electron chi connectivity index (χ1n) is 8.40. The summed E-state index contributed by atoms with van der Waals surface area (Å²) in [6.45, 7) is 0.705. The van der Waals surface area contributed by atoms with Gasteiger partial charge in [0.1, 0.15) is 0 Å². The molecule has 26 heavy (non-hydrogen) atoms. The van der Waals surface area contributed by atoms with Crippen molar-refractivity contribution < 1.29 is 14.3 Å². The minimum absolute atomic E-state index is 0.0797. The molecule has 0 spiro atoms. The van der Waals surface area contributed by atoms with Gasteiger partial charge in [0.2, 0.25) is 5.91 Å². The monoisotopic (exact) mass is 349 g/mol. The van der Waals surface area contributed by atoms with E-state index in [9.17, 15) is 9.59 Å². The van der Waals surface area contributed by atoms with Crippen molar-refractivity contribution in [1.82, 2.24) is 14.9 Å². The second kappa shape index (κ2) is 8.26. The number of ether oxygens (including phenoxy) is 1. The molecule has 0 N–H and O–H groups in total. The van der Waals surface area contributed by atoms with Gasteiger partial charge in [0, 0.05) is 25.4 Å². The molecule has 1 saturated heterocycles. The van der Waals surface area contributed by atoms with E-state index in [4.69, 9.17) is 11.2 Å². The molecular weight excluding hydrogens is 330 g/mol. The van der Waals surface area contributed by atoms with Crippen LogP contribution in [0.5, 0.6) is 0 Å². The number of likely N-dealkylation sites (tertiary alicyclic amines) is 1. The number of hydrogen-bond donors (Lipinski definition) is 0. The molecule has 1 fully saturated rings. The average molecular weight is 349 g/mol. The molecule has 2 aromatic heterocycles. The Morgan fingerprint density at radius 3 is 2.69 bits per heavy atom. The van der Waals surface area contributed by atoms with E-state index >= 15 is 0 Å². The summed E-state index contributed by atoms with van der Waals surface area (Å²) in [5.41, 5.74) is 1.39. The number of hydrogen-bond acceptors (Lipinski definition) is 5. The fourth-order valence-corrected chi connectivity index (χ4v) is 2.89. The van der Waals surface area contributed by atoms with Crippen molar-refractivity contribution in [2.24, 2.45) is 5.92 Å². The molecule has 0 radical (unpaired) electrons. The van der Waals surface area contributed by atoms with Crippen LogP contribution in [0, 0.1) is 18.3 Å². The van der Waals surface area contributed by atoms with E-state index in [1.807, 2.05) is 24.3 Å². The Bertz CT molecular complexity index is 802. The molecule has 0 bridgehead atoms. The smallest absolute Gasteiger partial charge is 0.311 e. The summed E-state index contributed by atoms with van der Waals surface area (Å²) in [5.74, 6) is 1.50. The Balaban J connectivity index is 1.63. The van der Waals surface area contributed by atoms with Gasteiger partial charge in [0.15, 0.2) is 6.10 Å². The Kier molecular flexibility index (Phi) is 5.59. The zero-order chi connectivity index (χ0) is 18.4. The lowest BCUT2D eigenvalue weighted by atomic mass is 10.1. The molecule has 3 heterocycles. The van der Waals surface area contributed by atoms with Crippen molar-refractivity contribution in [3.8, 4) is 12.3 Å². The van der Waals surface area contributed by atoms with Crippen LogP contribution in [0.15, 0.2) is 48.8 Å². The number of esters is 1. The lowest BCUT2D eigenvalue weighted by molar-refractivity contribution is -0.154. The number of carbonyl (C=O) groups excluding carboxylic acids is 2. The van der Waals surface area contributed by atoms with Gasteiger partial charge in [-0.05, 0) is 24.3 Å². The van der Waals surface area contributed by atoms with E-state index in [-0.39, 0.29) is 18.7 Å². The topological polar surface area (TPSA) is 72.4 Å². The molecule has 3 rings (SSSR count). The molecule has 2 aromatic rings. The number of pyridine rings is 2. The van der Waals surface area contributed by atoms with E-state index in [1.54, 1.807) is 29.4 Å². The summed E-state index contributed by atoms with van der Waals surface area (Å²) in [7, 11) is 0. The molecule has 0 aromatic carbocycles. The molecule has 132 valence electrons. The van der Waals surface area contributed by atoms with Crippen molar-refractivity contribution in [2.45, 2.75) is 25.5 Å². The van der Waals surface area contributed by atoms with Crippen LogP contribution in [0.2, 0.25) is 0 Å². The number of amides is 1. The Labute approximate surface area is 152 Å². The van der Waals surface area contributed by atoms with Gasteiger partial charge in [-0.2, -0.15) is 0 Å². The molecule has 6 heteroatoms. The summed E-state index contributed by atoms with van der Waals surface area (Å²) >= 11 is 0. The van der Waals surface area contributed by atoms with Gasteiger partial charge in [-0.25, -0.2) is 0 Å². The highest BCUT2D eigenvalue weighted by Crippen LogP contribution is 2.25. The minimum Gasteiger partial charge on any atom is -0.455 e. The van der Waals surface area contributed by atoms with E-state index in [0.717, 1.165) is 5.69 Å².